The molecule has 0 unspecified atom stereocenters. The predicted molar refractivity (Wildman–Crippen MR) is 67.3 cm³/mol. The summed E-state index contributed by atoms with van der Waals surface area (Å²) < 4.78 is 0.989. The first kappa shape index (κ1) is 11.0. The Hall–Kier alpha value is -1.46. The number of rotatable bonds is 3. The monoisotopic (exact) mass is 278 g/mol. The van der Waals surface area contributed by atoms with Crippen LogP contribution in [0.3, 0.4) is 0 Å². The highest BCUT2D eigenvalue weighted by molar-refractivity contribution is 9.10. The minimum Gasteiger partial charge on any atom is -0.339 e. The van der Waals surface area contributed by atoms with Crippen molar-refractivity contribution in [1.29, 1.82) is 0 Å². The lowest BCUT2D eigenvalue weighted by Gasteiger charge is -2.07. The number of benzene rings is 1. The van der Waals surface area contributed by atoms with Crippen LogP contribution in [-0.4, -0.2) is 9.97 Å². The SMILES string of the molecule is NCc1nccc(Nc2ccccc2Br)n1. The fraction of sp³-hybridized carbons (Fsp3) is 0.0909. The molecule has 82 valence electrons. The van der Waals surface area contributed by atoms with Gasteiger partial charge in [0.2, 0.25) is 0 Å². The van der Waals surface area contributed by atoms with Crippen LogP contribution in [0, 0.1) is 0 Å². The molecule has 5 heteroatoms. The highest BCUT2D eigenvalue weighted by Gasteiger charge is 2.01. The van der Waals surface area contributed by atoms with Crippen LogP contribution in [0.1, 0.15) is 5.82 Å². The van der Waals surface area contributed by atoms with Crippen molar-refractivity contribution in [3.05, 3.63) is 46.8 Å². The van der Waals surface area contributed by atoms with Gasteiger partial charge in [0.1, 0.15) is 11.6 Å². The van der Waals surface area contributed by atoms with Crippen molar-refractivity contribution < 1.29 is 0 Å². The Morgan fingerprint density at radius 1 is 1.25 bits per heavy atom. The van der Waals surface area contributed by atoms with E-state index in [-0.39, 0.29) is 0 Å². The summed E-state index contributed by atoms with van der Waals surface area (Å²) in [6.07, 6.45) is 1.69. The molecule has 0 saturated heterocycles. The van der Waals surface area contributed by atoms with E-state index in [9.17, 15) is 0 Å². The molecule has 0 amide bonds. The maximum atomic E-state index is 5.48. The van der Waals surface area contributed by atoms with Crippen molar-refractivity contribution in [2.24, 2.45) is 5.73 Å². The zero-order valence-corrected chi connectivity index (χ0v) is 10.1. The number of hydrogen-bond donors (Lipinski definition) is 2. The fourth-order valence-electron chi connectivity index (χ4n) is 1.27. The average molecular weight is 279 g/mol. The maximum absolute atomic E-state index is 5.48. The van der Waals surface area contributed by atoms with Gasteiger partial charge >= 0.3 is 0 Å². The number of nitrogens with one attached hydrogen (secondary N) is 1. The van der Waals surface area contributed by atoms with E-state index in [1.165, 1.54) is 0 Å². The van der Waals surface area contributed by atoms with Gasteiger partial charge in [-0.1, -0.05) is 12.1 Å². The highest BCUT2D eigenvalue weighted by atomic mass is 79.9. The quantitative estimate of drug-likeness (QED) is 0.905. The Morgan fingerprint density at radius 3 is 2.81 bits per heavy atom. The number of nitrogens with zero attached hydrogens (tertiary/aromatic N) is 2. The molecule has 1 aromatic carbocycles. The van der Waals surface area contributed by atoms with Gasteiger partial charge < -0.3 is 11.1 Å². The number of halogens is 1. The Bertz CT molecular complexity index is 487. The summed E-state index contributed by atoms with van der Waals surface area (Å²) in [4.78, 5) is 8.29. The van der Waals surface area contributed by atoms with Crippen LogP contribution in [-0.2, 0) is 6.54 Å². The van der Waals surface area contributed by atoms with Crippen LogP contribution in [0.2, 0.25) is 0 Å². The fourth-order valence-corrected chi connectivity index (χ4v) is 1.65. The van der Waals surface area contributed by atoms with Crippen LogP contribution < -0.4 is 11.1 Å². The van der Waals surface area contributed by atoms with Gasteiger partial charge in [-0.2, -0.15) is 0 Å². The number of aromatic nitrogens is 2. The molecule has 0 aliphatic heterocycles. The smallest absolute Gasteiger partial charge is 0.144 e. The molecule has 1 heterocycles. The second-order valence-corrected chi connectivity index (χ2v) is 4.02. The molecular weight excluding hydrogens is 268 g/mol. The van der Waals surface area contributed by atoms with E-state index >= 15 is 0 Å². The van der Waals surface area contributed by atoms with E-state index in [0.29, 0.717) is 12.4 Å². The molecule has 0 radical (unpaired) electrons. The molecule has 0 saturated carbocycles. The Kier molecular flexibility index (Phi) is 3.48. The van der Waals surface area contributed by atoms with Gasteiger partial charge in [0.05, 0.1) is 12.2 Å². The van der Waals surface area contributed by atoms with Crippen LogP contribution in [0.4, 0.5) is 11.5 Å². The summed E-state index contributed by atoms with van der Waals surface area (Å²) in [6.45, 7) is 0.339. The van der Waals surface area contributed by atoms with E-state index in [0.717, 1.165) is 16.0 Å². The van der Waals surface area contributed by atoms with Gasteiger partial charge in [0.25, 0.3) is 0 Å². The largest absolute Gasteiger partial charge is 0.339 e. The van der Waals surface area contributed by atoms with E-state index < -0.39 is 0 Å². The lowest BCUT2D eigenvalue weighted by Crippen LogP contribution is -2.04. The van der Waals surface area contributed by atoms with Gasteiger partial charge in [-0.15, -0.1) is 0 Å². The second-order valence-electron chi connectivity index (χ2n) is 3.17. The predicted octanol–water partition coefficient (Wildman–Crippen LogP) is 2.44. The van der Waals surface area contributed by atoms with Gasteiger partial charge in [0.15, 0.2) is 0 Å². The number of hydrogen-bond acceptors (Lipinski definition) is 4. The van der Waals surface area contributed by atoms with E-state index in [1.807, 2.05) is 24.3 Å². The van der Waals surface area contributed by atoms with E-state index in [2.05, 4.69) is 31.2 Å². The molecule has 0 spiro atoms. The molecular formula is C11H11BrN4. The van der Waals surface area contributed by atoms with Crippen LogP contribution in [0.25, 0.3) is 0 Å². The zero-order chi connectivity index (χ0) is 11.4. The minimum absolute atomic E-state index is 0.339. The number of nitrogens with two attached hydrogens (primary N) is 1. The molecule has 0 bridgehead atoms. The molecule has 0 aliphatic rings. The summed E-state index contributed by atoms with van der Waals surface area (Å²) in [6, 6.07) is 9.65. The molecule has 1 aromatic heterocycles. The van der Waals surface area contributed by atoms with Crippen molar-refractivity contribution in [1.82, 2.24) is 9.97 Å². The lowest BCUT2D eigenvalue weighted by molar-refractivity contribution is 0.912. The molecule has 4 nitrogen and oxygen atoms in total. The Morgan fingerprint density at radius 2 is 2.06 bits per heavy atom. The van der Waals surface area contributed by atoms with E-state index in [4.69, 9.17) is 5.73 Å². The Labute approximate surface area is 102 Å². The van der Waals surface area contributed by atoms with Gasteiger partial charge in [-0.25, -0.2) is 9.97 Å². The minimum atomic E-state index is 0.339. The summed E-state index contributed by atoms with van der Waals surface area (Å²) in [5.74, 6) is 1.36. The van der Waals surface area contributed by atoms with Crippen molar-refractivity contribution >= 4 is 27.4 Å². The molecule has 0 atom stereocenters. The van der Waals surface area contributed by atoms with Crippen molar-refractivity contribution in [3.63, 3.8) is 0 Å². The molecule has 0 aliphatic carbocycles. The maximum Gasteiger partial charge on any atom is 0.144 e. The van der Waals surface area contributed by atoms with Crippen LogP contribution >= 0.6 is 15.9 Å². The van der Waals surface area contributed by atoms with Gasteiger partial charge in [0, 0.05) is 10.7 Å². The Balaban J connectivity index is 2.24. The summed E-state index contributed by atoms with van der Waals surface area (Å²) >= 11 is 3.46. The van der Waals surface area contributed by atoms with Crippen LogP contribution in [0.15, 0.2) is 41.0 Å². The highest BCUT2D eigenvalue weighted by Crippen LogP contribution is 2.24. The summed E-state index contributed by atoms with van der Waals surface area (Å²) in [5.41, 5.74) is 6.44. The first-order valence-electron chi connectivity index (χ1n) is 4.83. The van der Waals surface area contributed by atoms with E-state index in [1.54, 1.807) is 12.3 Å². The van der Waals surface area contributed by atoms with Crippen molar-refractivity contribution in [2.75, 3.05) is 5.32 Å². The van der Waals surface area contributed by atoms with Gasteiger partial charge in [-0.05, 0) is 34.1 Å². The third-order valence-corrected chi connectivity index (χ3v) is 2.72. The van der Waals surface area contributed by atoms with Crippen LogP contribution in [0.5, 0.6) is 0 Å². The third-order valence-electron chi connectivity index (χ3n) is 2.02. The summed E-state index contributed by atoms with van der Waals surface area (Å²) in [7, 11) is 0. The standard InChI is InChI=1S/C11H11BrN4/c12-8-3-1-2-4-9(8)15-10-5-6-14-11(7-13)16-10/h1-6H,7,13H2,(H,14,15,16). The topological polar surface area (TPSA) is 63.8 Å². The number of anilines is 2. The van der Waals surface area contributed by atoms with Crippen molar-refractivity contribution in [3.8, 4) is 0 Å². The normalized spacial score (nSPS) is 10.1. The van der Waals surface area contributed by atoms with Crippen molar-refractivity contribution in [2.45, 2.75) is 6.54 Å². The second kappa shape index (κ2) is 5.05. The molecule has 16 heavy (non-hydrogen) atoms. The third kappa shape index (κ3) is 2.56. The first-order valence-corrected chi connectivity index (χ1v) is 5.62. The molecule has 2 rings (SSSR count). The molecule has 0 fully saturated rings. The summed E-state index contributed by atoms with van der Waals surface area (Å²) in [5, 5.41) is 3.19. The zero-order valence-electron chi connectivity index (χ0n) is 8.52. The van der Waals surface area contributed by atoms with Gasteiger partial charge in [-0.3, -0.25) is 0 Å². The molecule has 2 aromatic rings. The lowest BCUT2D eigenvalue weighted by atomic mass is 10.3. The first-order chi connectivity index (χ1) is 7.79. The number of para-hydroxylation sites is 1. The molecule has 3 N–H and O–H groups in total. The average Bonchev–Trinajstić information content (AvgIpc) is 2.32.